The lowest BCUT2D eigenvalue weighted by molar-refractivity contribution is 0.183. The SMILES string of the molecule is N[C@H]1C[C@H]2C[C@@H]1C[C@@H]2NC(=O)O. The van der Waals surface area contributed by atoms with Crippen molar-refractivity contribution in [3.8, 4) is 0 Å². The lowest BCUT2D eigenvalue weighted by atomic mass is 9.92. The first kappa shape index (κ1) is 7.86. The predicted octanol–water partition coefficient (Wildman–Crippen LogP) is 0.380. The second kappa shape index (κ2) is 2.62. The van der Waals surface area contributed by atoms with Crippen molar-refractivity contribution in [2.24, 2.45) is 17.6 Å². The molecule has 2 aliphatic carbocycles. The van der Waals surface area contributed by atoms with Crippen molar-refractivity contribution in [2.75, 3.05) is 0 Å². The van der Waals surface area contributed by atoms with Crippen LogP contribution < -0.4 is 11.1 Å². The van der Waals surface area contributed by atoms with Crippen LogP contribution in [0.1, 0.15) is 19.3 Å². The maximum Gasteiger partial charge on any atom is 0.404 e. The van der Waals surface area contributed by atoms with Crippen molar-refractivity contribution in [3.05, 3.63) is 0 Å². The number of nitrogens with one attached hydrogen (secondary N) is 1. The van der Waals surface area contributed by atoms with Gasteiger partial charge >= 0.3 is 6.09 Å². The van der Waals surface area contributed by atoms with Crippen molar-refractivity contribution in [1.82, 2.24) is 5.32 Å². The van der Waals surface area contributed by atoms with E-state index in [2.05, 4.69) is 5.32 Å². The Kier molecular flexibility index (Phi) is 1.72. The molecule has 12 heavy (non-hydrogen) atoms. The van der Waals surface area contributed by atoms with Gasteiger partial charge in [0.25, 0.3) is 0 Å². The topological polar surface area (TPSA) is 75.3 Å². The van der Waals surface area contributed by atoms with Crippen LogP contribution in [0.15, 0.2) is 0 Å². The van der Waals surface area contributed by atoms with Gasteiger partial charge in [0.05, 0.1) is 0 Å². The Morgan fingerprint density at radius 1 is 1.33 bits per heavy atom. The Balaban J connectivity index is 1.94. The Morgan fingerprint density at radius 3 is 2.50 bits per heavy atom. The van der Waals surface area contributed by atoms with Crippen LogP contribution >= 0.6 is 0 Å². The van der Waals surface area contributed by atoms with Gasteiger partial charge in [-0.05, 0) is 31.1 Å². The molecule has 0 saturated heterocycles. The first-order valence-electron chi connectivity index (χ1n) is 4.42. The average Bonchev–Trinajstić information content (AvgIpc) is 2.44. The summed E-state index contributed by atoms with van der Waals surface area (Å²) < 4.78 is 0. The van der Waals surface area contributed by atoms with Crippen LogP contribution in [-0.2, 0) is 0 Å². The summed E-state index contributed by atoms with van der Waals surface area (Å²) >= 11 is 0. The summed E-state index contributed by atoms with van der Waals surface area (Å²) in [6.45, 7) is 0. The van der Waals surface area contributed by atoms with Crippen LogP contribution in [0.5, 0.6) is 0 Å². The molecule has 0 spiro atoms. The van der Waals surface area contributed by atoms with Crippen molar-refractivity contribution < 1.29 is 9.90 Å². The van der Waals surface area contributed by atoms with Gasteiger partial charge in [-0.2, -0.15) is 0 Å². The molecule has 0 aliphatic heterocycles. The minimum Gasteiger partial charge on any atom is -0.465 e. The molecule has 1 amide bonds. The minimum atomic E-state index is -0.902. The van der Waals surface area contributed by atoms with Gasteiger partial charge in [-0.1, -0.05) is 0 Å². The van der Waals surface area contributed by atoms with E-state index in [4.69, 9.17) is 10.8 Å². The van der Waals surface area contributed by atoms with Gasteiger partial charge in [-0.3, -0.25) is 0 Å². The number of fused-ring (bicyclic) bond motifs is 2. The molecule has 4 heteroatoms. The monoisotopic (exact) mass is 170 g/mol. The summed E-state index contributed by atoms with van der Waals surface area (Å²) in [6, 6.07) is 0.495. The molecular formula is C8H14N2O2. The fourth-order valence-electron chi connectivity index (χ4n) is 2.66. The molecule has 2 saturated carbocycles. The Hall–Kier alpha value is -0.770. The Morgan fingerprint density at radius 2 is 2.08 bits per heavy atom. The molecule has 2 rings (SSSR count). The van der Waals surface area contributed by atoms with Crippen LogP contribution in [-0.4, -0.2) is 23.3 Å². The normalized spacial score (nSPS) is 44.8. The van der Waals surface area contributed by atoms with Crippen molar-refractivity contribution in [1.29, 1.82) is 0 Å². The van der Waals surface area contributed by atoms with E-state index in [1.165, 1.54) is 0 Å². The first-order valence-corrected chi connectivity index (χ1v) is 4.42. The molecule has 4 N–H and O–H groups in total. The molecule has 4 nitrogen and oxygen atoms in total. The van der Waals surface area contributed by atoms with E-state index in [1.807, 2.05) is 0 Å². The molecule has 68 valence electrons. The third-order valence-electron chi connectivity index (χ3n) is 3.22. The van der Waals surface area contributed by atoms with Gasteiger partial charge in [-0.25, -0.2) is 4.79 Å². The zero-order valence-corrected chi connectivity index (χ0v) is 6.86. The molecule has 2 aliphatic rings. The lowest BCUT2D eigenvalue weighted by Gasteiger charge is -2.25. The molecule has 2 bridgehead atoms. The van der Waals surface area contributed by atoms with Crippen molar-refractivity contribution >= 4 is 6.09 Å². The van der Waals surface area contributed by atoms with Gasteiger partial charge in [0.2, 0.25) is 0 Å². The summed E-state index contributed by atoms with van der Waals surface area (Å²) in [5, 5.41) is 11.1. The molecule has 2 fully saturated rings. The average molecular weight is 170 g/mol. The Labute approximate surface area is 71.1 Å². The standard InChI is InChI=1S/C8H14N2O2/c9-6-2-5-1-4(6)3-7(5)10-8(11)12/h4-7,10H,1-3,9H2,(H,11,12)/t4-,5-,6+,7+/m1/s1. The van der Waals surface area contributed by atoms with Gasteiger partial charge in [-0.15, -0.1) is 0 Å². The van der Waals surface area contributed by atoms with E-state index in [0.29, 0.717) is 17.9 Å². The third-order valence-corrected chi connectivity index (χ3v) is 3.22. The zero-order valence-electron chi connectivity index (χ0n) is 6.86. The fourth-order valence-corrected chi connectivity index (χ4v) is 2.66. The van der Waals surface area contributed by atoms with E-state index in [1.54, 1.807) is 0 Å². The summed E-state index contributed by atoms with van der Waals surface area (Å²) in [7, 11) is 0. The zero-order chi connectivity index (χ0) is 8.72. The van der Waals surface area contributed by atoms with Crippen molar-refractivity contribution in [3.63, 3.8) is 0 Å². The van der Waals surface area contributed by atoms with Crippen LogP contribution in [0.4, 0.5) is 4.79 Å². The molecular weight excluding hydrogens is 156 g/mol. The van der Waals surface area contributed by atoms with Crippen LogP contribution in [0.2, 0.25) is 0 Å². The molecule has 0 aromatic carbocycles. The Bertz CT molecular complexity index is 205. The number of hydrogen-bond donors (Lipinski definition) is 3. The van der Waals surface area contributed by atoms with E-state index >= 15 is 0 Å². The molecule has 0 aromatic heterocycles. The predicted molar refractivity (Wildman–Crippen MR) is 43.8 cm³/mol. The third kappa shape index (κ3) is 1.16. The van der Waals surface area contributed by atoms with Crippen LogP contribution in [0.3, 0.4) is 0 Å². The quantitative estimate of drug-likeness (QED) is 0.532. The summed E-state index contributed by atoms with van der Waals surface area (Å²) in [5.74, 6) is 1.06. The van der Waals surface area contributed by atoms with E-state index < -0.39 is 6.09 Å². The number of carbonyl (C=O) groups is 1. The highest BCUT2D eigenvalue weighted by atomic mass is 16.4. The number of amides is 1. The van der Waals surface area contributed by atoms with E-state index in [-0.39, 0.29) is 6.04 Å². The van der Waals surface area contributed by atoms with Gasteiger partial charge < -0.3 is 16.2 Å². The molecule has 0 aromatic rings. The second-order valence-corrected chi connectivity index (χ2v) is 3.95. The highest BCUT2D eigenvalue weighted by Gasteiger charge is 2.44. The van der Waals surface area contributed by atoms with Crippen LogP contribution in [0, 0.1) is 11.8 Å². The highest BCUT2D eigenvalue weighted by molar-refractivity contribution is 5.65. The van der Waals surface area contributed by atoms with Crippen LogP contribution in [0.25, 0.3) is 0 Å². The second-order valence-electron chi connectivity index (χ2n) is 3.95. The van der Waals surface area contributed by atoms with Gasteiger partial charge in [0.1, 0.15) is 0 Å². The minimum absolute atomic E-state index is 0.173. The largest absolute Gasteiger partial charge is 0.465 e. The summed E-state index contributed by atoms with van der Waals surface area (Å²) in [4.78, 5) is 10.4. The molecule has 0 radical (unpaired) electrons. The number of rotatable bonds is 1. The number of carboxylic acid groups (broad SMARTS) is 1. The number of hydrogen-bond acceptors (Lipinski definition) is 2. The van der Waals surface area contributed by atoms with Gasteiger partial charge in [0.15, 0.2) is 0 Å². The molecule has 0 unspecified atom stereocenters. The van der Waals surface area contributed by atoms with Crippen molar-refractivity contribution in [2.45, 2.75) is 31.3 Å². The highest BCUT2D eigenvalue weighted by Crippen LogP contribution is 2.43. The maximum absolute atomic E-state index is 10.4. The smallest absolute Gasteiger partial charge is 0.404 e. The molecule has 4 atom stereocenters. The van der Waals surface area contributed by atoms with Gasteiger partial charge in [0, 0.05) is 12.1 Å². The van der Waals surface area contributed by atoms with E-state index in [9.17, 15) is 4.79 Å². The lowest BCUT2D eigenvalue weighted by Crippen LogP contribution is -2.41. The fraction of sp³-hybridized carbons (Fsp3) is 0.875. The summed E-state index contributed by atoms with van der Waals surface area (Å²) in [5.41, 5.74) is 5.84. The molecule has 0 heterocycles. The maximum atomic E-state index is 10.4. The van der Waals surface area contributed by atoms with E-state index in [0.717, 1.165) is 19.3 Å². The number of nitrogens with two attached hydrogens (primary N) is 1. The summed E-state index contributed by atoms with van der Waals surface area (Å²) in [6.07, 6.45) is 2.15. The first-order chi connectivity index (χ1) is 5.66.